The minimum absolute atomic E-state index is 0.185. The van der Waals surface area contributed by atoms with Crippen molar-refractivity contribution in [1.29, 1.82) is 0 Å². The normalized spacial score (nSPS) is 10.0. The molecule has 2 rings (SSSR count). The molecule has 2 aromatic rings. The predicted molar refractivity (Wildman–Crippen MR) is 61.1 cm³/mol. The van der Waals surface area contributed by atoms with Gasteiger partial charge in [0.25, 0.3) is 5.91 Å². The largest absolute Gasteiger partial charge is 0.306 e. The summed E-state index contributed by atoms with van der Waals surface area (Å²) in [5, 5.41) is 2.51. The van der Waals surface area contributed by atoms with E-state index in [1.807, 2.05) is 0 Å². The zero-order valence-corrected chi connectivity index (χ0v) is 9.14. The summed E-state index contributed by atoms with van der Waals surface area (Å²) in [5.41, 5.74) is 1.20. The van der Waals surface area contributed by atoms with E-state index in [0.717, 1.165) is 5.69 Å². The minimum Gasteiger partial charge on any atom is -0.306 e. The van der Waals surface area contributed by atoms with Gasteiger partial charge in [0.1, 0.15) is 5.82 Å². The van der Waals surface area contributed by atoms with Crippen LogP contribution in [0, 0.1) is 12.9 Å². The average Bonchev–Trinajstić information content (AvgIpc) is 2.29. The molecule has 0 aliphatic heterocycles. The Morgan fingerprint density at radius 1 is 1.35 bits per heavy atom. The van der Waals surface area contributed by atoms with Gasteiger partial charge in [-0.25, -0.2) is 4.98 Å². The van der Waals surface area contributed by atoms with E-state index in [0.29, 0.717) is 5.56 Å². The molecule has 0 spiro atoms. The zero-order chi connectivity index (χ0) is 12.3. The SMILES string of the molecule is Cc1cc(C(=O)Nc2cccc(F)n2)ccn1. The average molecular weight is 231 g/mol. The lowest BCUT2D eigenvalue weighted by Gasteiger charge is -2.04. The van der Waals surface area contributed by atoms with Gasteiger partial charge in [0.05, 0.1) is 0 Å². The molecule has 0 aromatic carbocycles. The fourth-order valence-corrected chi connectivity index (χ4v) is 1.35. The first-order valence-corrected chi connectivity index (χ1v) is 5.02. The van der Waals surface area contributed by atoms with Crippen molar-refractivity contribution in [2.75, 3.05) is 5.32 Å². The van der Waals surface area contributed by atoms with Gasteiger partial charge in [0, 0.05) is 17.5 Å². The van der Waals surface area contributed by atoms with Crippen LogP contribution in [0.3, 0.4) is 0 Å². The number of pyridine rings is 2. The van der Waals surface area contributed by atoms with Crippen LogP contribution in [0.25, 0.3) is 0 Å². The maximum Gasteiger partial charge on any atom is 0.256 e. The molecule has 0 bridgehead atoms. The lowest BCUT2D eigenvalue weighted by Crippen LogP contribution is -2.13. The number of amides is 1. The number of nitrogens with one attached hydrogen (secondary N) is 1. The molecular formula is C12H10FN3O. The van der Waals surface area contributed by atoms with Crippen LogP contribution >= 0.6 is 0 Å². The number of hydrogen-bond acceptors (Lipinski definition) is 3. The quantitative estimate of drug-likeness (QED) is 0.806. The van der Waals surface area contributed by atoms with Crippen LogP contribution in [0.1, 0.15) is 16.1 Å². The van der Waals surface area contributed by atoms with E-state index in [1.165, 1.54) is 18.2 Å². The van der Waals surface area contributed by atoms with Gasteiger partial charge in [-0.1, -0.05) is 6.07 Å². The van der Waals surface area contributed by atoms with E-state index in [9.17, 15) is 9.18 Å². The molecule has 0 radical (unpaired) electrons. The molecular weight excluding hydrogens is 221 g/mol. The van der Waals surface area contributed by atoms with Crippen molar-refractivity contribution in [2.24, 2.45) is 0 Å². The van der Waals surface area contributed by atoms with E-state index >= 15 is 0 Å². The molecule has 2 aromatic heterocycles. The van der Waals surface area contributed by atoms with Crippen LogP contribution in [-0.4, -0.2) is 15.9 Å². The Labute approximate surface area is 97.5 Å². The van der Waals surface area contributed by atoms with Crippen molar-refractivity contribution in [3.63, 3.8) is 0 Å². The van der Waals surface area contributed by atoms with Crippen LogP contribution in [0.5, 0.6) is 0 Å². The van der Waals surface area contributed by atoms with E-state index in [-0.39, 0.29) is 11.7 Å². The van der Waals surface area contributed by atoms with Crippen molar-refractivity contribution in [3.05, 3.63) is 53.7 Å². The molecule has 86 valence electrons. The lowest BCUT2D eigenvalue weighted by atomic mass is 10.2. The number of halogens is 1. The predicted octanol–water partition coefficient (Wildman–Crippen LogP) is 2.18. The van der Waals surface area contributed by atoms with Crippen LogP contribution in [-0.2, 0) is 0 Å². The molecule has 1 N–H and O–H groups in total. The second kappa shape index (κ2) is 4.69. The smallest absolute Gasteiger partial charge is 0.256 e. The second-order valence-electron chi connectivity index (χ2n) is 3.49. The Balaban J connectivity index is 2.17. The van der Waals surface area contributed by atoms with Crippen molar-refractivity contribution in [3.8, 4) is 0 Å². The van der Waals surface area contributed by atoms with E-state index in [1.54, 1.807) is 25.3 Å². The first-order chi connectivity index (χ1) is 8.15. The number of carbonyl (C=O) groups is 1. The third kappa shape index (κ3) is 2.84. The first kappa shape index (κ1) is 11.2. The lowest BCUT2D eigenvalue weighted by molar-refractivity contribution is 0.102. The summed E-state index contributed by atoms with van der Waals surface area (Å²) >= 11 is 0. The molecule has 17 heavy (non-hydrogen) atoms. The number of hydrogen-bond donors (Lipinski definition) is 1. The van der Waals surface area contributed by atoms with Crippen molar-refractivity contribution >= 4 is 11.7 Å². The highest BCUT2D eigenvalue weighted by molar-refractivity contribution is 6.03. The van der Waals surface area contributed by atoms with Crippen molar-refractivity contribution in [2.45, 2.75) is 6.92 Å². The van der Waals surface area contributed by atoms with Gasteiger partial charge < -0.3 is 5.32 Å². The topological polar surface area (TPSA) is 54.9 Å². The van der Waals surface area contributed by atoms with Gasteiger partial charge in [-0.15, -0.1) is 0 Å². The molecule has 0 saturated carbocycles. The van der Waals surface area contributed by atoms with Gasteiger partial charge in [0.15, 0.2) is 0 Å². The monoisotopic (exact) mass is 231 g/mol. The highest BCUT2D eigenvalue weighted by Crippen LogP contribution is 2.07. The van der Waals surface area contributed by atoms with E-state index in [4.69, 9.17) is 0 Å². The Morgan fingerprint density at radius 3 is 2.88 bits per heavy atom. The van der Waals surface area contributed by atoms with Gasteiger partial charge in [-0.2, -0.15) is 4.39 Å². The van der Waals surface area contributed by atoms with Gasteiger partial charge >= 0.3 is 0 Å². The summed E-state index contributed by atoms with van der Waals surface area (Å²) in [4.78, 5) is 19.3. The highest BCUT2D eigenvalue weighted by Gasteiger charge is 2.07. The summed E-state index contributed by atoms with van der Waals surface area (Å²) < 4.78 is 12.8. The van der Waals surface area contributed by atoms with Crippen LogP contribution < -0.4 is 5.32 Å². The molecule has 1 amide bonds. The number of carbonyl (C=O) groups excluding carboxylic acids is 1. The fraction of sp³-hybridized carbons (Fsp3) is 0.0833. The molecule has 2 heterocycles. The molecule has 0 aliphatic rings. The maximum absolute atomic E-state index is 12.8. The van der Waals surface area contributed by atoms with Crippen LogP contribution in [0.2, 0.25) is 0 Å². The van der Waals surface area contributed by atoms with Crippen LogP contribution in [0.4, 0.5) is 10.2 Å². The summed E-state index contributed by atoms with van der Waals surface area (Å²) in [5.74, 6) is -0.785. The number of aryl methyl sites for hydroxylation is 1. The molecule has 0 fully saturated rings. The van der Waals surface area contributed by atoms with Crippen molar-refractivity contribution < 1.29 is 9.18 Å². The zero-order valence-electron chi connectivity index (χ0n) is 9.14. The van der Waals surface area contributed by atoms with Gasteiger partial charge in [-0.3, -0.25) is 9.78 Å². The molecule has 0 atom stereocenters. The first-order valence-electron chi connectivity index (χ1n) is 5.02. The van der Waals surface area contributed by atoms with Crippen molar-refractivity contribution in [1.82, 2.24) is 9.97 Å². The molecule has 4 nitrogen and oxygen atoms in total. The summed E-state index contributed by atoms with van der Waals surface area (Å²) in [6.45, 7) is 1.79. The molecule has 0 unspecified atom stereocenters. The summed E-state index contributed by atoms with van der Waals surface area (Å²) in [6, 6.07) is 7.45. The standard InChI is InChI=1S/C12H10FN3O/c1-8-7-9(5-6-14-8)12(17)16-11-4-2-3-10(13)15-11/h2-7H,1H3,(H,15,16,17). The molecule has 0 aliphatic carbocycles. The van der Waals surface area contributed by atoms with Gasteiger partial charge in [-0.05, 0) is 31.2 Å². The highest BCUT2D eigenvalue weighted by atomic mass is 19.1. The number of nitrogens with zero attached hydrogens (tertiary/aromatic N) is 2. The second-order valence-corrected chi connectivity index (χ2v) is 3.49. The third-order valence-electron chi connectivity index (χ3n) is 2.12. The van der Waals surface area contributed by atoms with Crippen LogP contribution in [0.15, 0.2) is 36.5 Å². The summed E-state index contributed by atoms with van der Waals surface area (Å²) in [6.07, 6.45) is 1.54. The molecule has 0 saturated heterocycles. The number of anilines is 1. The summed E-state index contributed by atoms with van der Waals surface area (Å²) in [7, 11) is 0. The molecule has 5 heteroatoms. The van der Waals surface area contributed by atoms with Gasteiger partial charge in [0.2, 0.25) is 5.95 Å². The Kier molecular flexibility index (Phi) is 3.09. The minimum atomic E-state index is -0.631. The fourth-order valence-electron chi connectivity index (χ4n) is 1.35. The Morgan fingerprint density at radius 2 is 2.18 bits per heavy atom. The number of aromatic nitrogens is 2. The Hall–Kier alpha value is -2.30. The Bertz CT molecular complexity index is 557. The maximum atomic E-state index is 12.8. The van der Waals surface area contributed by atoms with E-state index < -0.39 is 5.95 Å². The number of rotatable bonds is 2. The van der Waals surface area contributed by atoms with E-state index in [2.05, 4.69) is 15.3 Å². The third-order valence-corrected chi connectivity index (χ3v) is 2.12.